The molecule has 0 bridgehead atoms. The van der Waals surface area contributed by atoms with E-state index in [0.29, 0.717) is 26.4 Å². The zero-order valence-electron chi connectivity index (χ0n) is 15.3. The lowest BCUT2D eigenvalue weighted by Crippen LogP contribution is -2.07. The largest absolute Gasteiger partial charge is 0.465 e. The Morgan fingerprint density at radius 3 is 2.72 bits per heavy atom. The van der Waals surface area contributed by atoms with E-state index < -0.39 is 0 Å². The number of anilines is 1. The number of rotatable bonds is 7. The first kappa shape index (κ1) is 20.7. The topological polar surface area (TPSA) is 81.2 Å². The smallest absolute Gasteiger partial charge is 0.337 e. The van der Waals surface area contributed by atoms with E-state index in [2.05, 4.69) is 20.3 Å². The van der Waals surface area contributed by atoms with Gasteiger partial charge in [-0.2, -0.15) is 0 Å². The second-order valence-corrected chi connectivity index (χ2v) is 7.93. The van der Waals surface area contributed by atoms with Crippen molar-refractivity contribution in [2.24, 2.45) is 0 Å². The number of halogens is 1. The number of benzene rings is 2. The Balaban J connectivity index is 1.51. The van der Waals surface area contributed by atoms with E-state index in [-0.39, 0.29) is 17.7 Å². The van der Waals surface area contributed by atoms with E-state index in [1.54, 1.807) is 24.3 Å². The van der Waals surface area contributed by atoms with Crippen molar-refractivity contribution in [3.63, 3.8) is 0 Å². The summed E-state index contributed by atoms with van der Waals surface area (Å²) in [6, 6.07) is 13.1. The molecule has 0 aliphatic carbocycles. The Labute approximate surface area is 174 Å². The molecule has 0 unspecified atom stereocenters. The molecular weight excluding hydrogens is 413 g/mol. The number of ether oxygens (including phenoxy) is 1. The van der Waals surface area contributed by atoms with Crippen molar-refractivity contribution in [2.45, 2.75) is 10.1 Å². The van der Waals surface area contributed by atoms with E-state index >= 15 is 0 Å². The Morgan fingerprint density at radius 2 is 2.00 bits per heavy atom. The van der Waals surface area contributed by atoms with Crippen molar-refractivity contribution in [3.05, 3.63) is 77.1 Å². The first-order valence-corrected chi connectivity index (χ1v) is 10.2. The van der Waals surface area contributed by atoms with Gasteiger partial charge in [0, 0.05) is 11.8 Å². The van der Waals surface area contributed by atoms with E-state index in [0.717, 1.165) is 5.56 Å². The Morgan fingerprint density at radius 1 is 1.21 bits per heavy atom. The van der Waals surface area contributed by atoms with Gasteiger partial charge in [-0.3, -0.25) is 10.1 Å². The molecule has 1 aromatic heterocycles. The number of amides is 1. The van der Waals surface area contributed by atoms with Crippen molar-refractivity contribution in [3.8, 4) is 0 Å². The number of hydrogen-bond donors (Lipinski definition) is 1. The van der Waals surface area contributed by atoms with E-state index in [1.807, 2.05) is 12.1 Å². The summed E-state index contributed by atoms with van der Waals surface area (Å²) in [7, 11) is 1.34. The maximum Gasteiger partial charge on any atom is 0.337 e. The monoisotopic (exact) mass is 429 g/mol. The average Bonchev–Trinajstić information content (AvgIpc) is 3.18. The molecule has 0 saturated carbocycles. The van der Waals surface area contributed by atoms with Crippen LogP contribution in [0.25, 0.3) is 6.08 Å². The standard InChI is InChI=1S/C20H16FN3O3S2/c1-27-18(26)15-8-5-14(6-9-15)12-28-20-24-23-19(29-20)22-17(25)10-7-13-3-2-4-16(21)11-13/h2-11H,12H2,1H3,(H,22,23,25). The zero-order chi connectivity index (χ0) is 20.6. The van der Waals surface area contributed by atoms with Crippen LogP contribution in [-0.4, -0.2) is 29.2 Å². The number of carbonyl (C=O) groups excluding carboxylic acids is 2. The molecule has 0 saturated heterocycles. The number of thioether (sulfide) groups is 1. The van der Waals surface area contributed by atoms with Crippen LogP contribution in [0, 0.1) is 5.82 Å². The number of nitrogens with zero attached hydrogens (tertiary/aromatic N) is 2. The molecule has 0 aliphatic heterocycles. The number of aromatic nitrogens is 2. The number of carbonyl (C=O) groups is 2. The summed E-state index contributed by atoms with van der Waals surface area (Å²) < 4.78 is 18.5. The molecule has 2 aromatic carbocycles. The van der Waals surface area contributed by atoms with Crippen molar-refractivity contribution in [2.75, 3.05) is 12.4 Å². The Hall–Kier alpha value is -3.04. The summed E-state index contributed by atoms with van der Waals surface area (Å²) in [4.78, 5) is 23.4. The van der Waals surface area contributed by atoms with E-state index in [1.165, 1.54) is 54.5 Å². The predicted octanol–water partition coefficient (Wildman–Crippen LogP) is 4.41. The summed E-state index contributed by atoms with van der Waals surface area (Å²) in [5, 5.41) is 11.0. The molecule has 0 spiro atoms. The van der Waals surface area contributed by atoms with Gasteiger partial charge < -0.3 is 4.74 Å². The quantitative estimate of drug-likeness (QED) is 0.259. The molecule has 9 heteroatoms. The van der Waals surface area contributed by atoms with Crippen LogP contribution < -0.4 is 5.32 Å². The second kappa shape index (κ2) is 9.94. The van der Waals surface area contributed by atoms with Gasteiger partial charge >= 0.3 is 5.97 Å². The van der Waals surface area contributed by atoms with Gasteiger partial charge in [0.2, 0.25) is 11.0 Å². The molecule has 0 atom stereocenters. The normalized spacial score (nSPS) is 10.8. The van der Waals surface area contributed by atoms with Crippen molar-refractivity contribution >= 4 is 46.2 Å². The number of esters is 1. The lowest BCUT2D eigenvalue weighted by molar-refractivity contribution is -0.111. The van der Waals surface area contributed by atoms with Crippen LogP contribution >= 0.6 is 23.1 Å². The second-order valence-electron chi connectivity index (χ2n) is 5.73. The van der Waals surface area contributed by atoms with Crippen LogP contribution in [0.5, 0.6) is 0 Å². The molecule has 0 fully saturated rings. The lowest BCUT2D eigenvalue weighted by Gasteiger charge is -2.01. The third-order valence-electron chi connectivity index (χ3n) is 3.65. The molecule has 29 heavy (non-hydrogen) atoms. The van der Waals surface area contributed by atoms with Crippen LogP contribution in [0.3, 0.4) is 0 Å². The van der Waals surface area contributed by atoms with Crippen LogP contribution in [0.2, 0.25) is 0 Å². The fourth-order valence-corrected chi connectivity index (χ4v) is 3.96. The highest BCUT2D eigenvalue weighted by Crippen LogP contribution is 2.28. The summed E-state index contributed by atoms with van der Waals surface area (Å²) in [5.41, 5.74) is 2.10. The Kier molecular flexibility index (Phi) is 7.09. The van der Waals surface area contributed by atoms with Crippen LogP contribution in [0.4, 0.5) is 9.52 Å². The highest BCUT2D eigenvalue weighted by atomic mass is 32.2. The molecule has 1 amide bonds. The lowest BCUT2D eigenvalue weighted by atomic mass is 10.1. The first-order valence-electron chi connectivity index (χ1n) is 8.41. The summed E-state index contributed by atoms with van der Waals surface area (Å²) in [5.74, 6) is -0.470. The van der Waals surface area contributed by atoms with Crippen LogP contribution in [0.15, 0.2) is 58.9 Å². The third kappa shape index (κ3) is 6.23. The van der Waals surface area contributed by atoms with Gasteiger partial charge in [-0.25, -0.2) is 9.18 Å². The van der Waals surface area contributed by atoms with Crippen molar-refractivity contribution in [1.29, 1.82) is 0 Å². The van der Waals surface area contributed by atoms with Gasteiger partial charge in [-0.1, -0.05) is 47.4 Å². The van der Waals surface area contributed by atoms with Crippen LogP contribution in [0.1, 0.15) is 21.5 Å². The van der Waals surface area contributed by atoms with Gasteiger partial charge in [0.15, 0.2) is 4.34 Å². The molecule has 1 N–H and O–H groups in total. The van der Waals surface area contributed by atoms with Gasteiger partial charge in [0.1, 0.15) is 5.82 Å². The molecule has 3 aromatic rings. The number of nitrogens with one attached hydrogen (secondary N) is 1. The summed E-state index contributed by atoms with van der Waals surface area (Å²) in [6.07, 6.45) is 2.83. The average molecular weight is 429 g/mol. The minimum atomic E-state index is -0.375. The molecule has 1 heterocycles. The van der Waals surface area contributed by atoms with E-state index in [4.69, 9.17) is 0 Å². The number of hydrogen-bond acceptors (Lipinski definition) is 7. The fraction of sp³-hybridized carbons (Fsp3) is 0.100. The number of methoxy groups -OCH3 is 1. The highest BCUT2D eigenvalue weighted by Gasteiger charge is 2.08. The highest BCUT2D eigenvalue weighted by molar-refractivity contribution is 8.00. The van der Waals surface area contributed by atoms with E-state index in [9.17, 15) is 14.0 Å². The molecule has 0 aliphatic rings. The van der Waals surface area contributed by atoms with Gasteiger partial charge in [0.25, 0.3) is 0 Å². The van der Waals surface area contributed by atoms with Gasteiger partial charge in [-0.05, 0) is 41.5 Å². The third-order valence-corrected chi connectivity index (χ3v) is 5.69. The minimum Gasteiger partial charge on any atom is -0.465 e. The van der Waals surface area contributed by atoms with Crippen LogP contribution in [-0.2, 0) is 15.3 Å². The molecule has 0 radical (unpaired) electrons. The fourth-order valence-electron chi connectivity index (χ4n) is 2.25. The zero-order valence-corrected chi connectivity index (χ0v) is 16.9. The molecule has 6 nitrogen and oxygen atoms in total. The SMILES string of the molecule is COC(=O)c1ccc(CSc2nnc(NC(=O)C=Cc3cccc(F)c3)s2)cc1. The molecular formula is C20H16FN3O3S2. The van der Waals surface area contributed by atoms with Crippen molar-refractivity contribution in [1.82, 2.24) is 10.2 Å². The summed E-state index contributed by atoms with van der Waals surface area (Å²) in [6.45, 7) is 0. The maximum atomic E-state index is 13.1. The predicted molar refractivity (Wildman–Crippen MR) is 111 cm³/mol. The summed E-state index contributed by atoms with van der Waals surface area (Å²) >= 11 is 2.73. The molecule has 148 valence electrons. The minimum absolute atomic E-state index is 0.363. The van der Waals surface area contributed by atoms with Gasteiger partial charge in [0.05, 0.1) is 12.7 Å². The molecule has 3 rings (SSSR count). The van der Waals surface area contributed by atoms with Gasteiger partial charge in [-0.15, -0.1) is 10.2 Å². The van der Waals surface area contributed by atoms with Crippen molar-refractivity contribution < 1.29 is 18.7 Å². The first-order chi connectivity index (χ1) is 14.0. The maximum absolute atomic E-state index is 13.1. The Bertz CT molecular complexity index is 1040.